The Hall–Kier alpha value is -1.95. The fourth-order valence-electron chi connectivity index (χ4n) is 1.38. The molecule has 5 nitrogen and oxygen atoms in total. The maximum absolute atomic E-state index is 11.8. The van der Waals surface area contributed by atoms with E-state index in [0.29, 0.717) is 17.1 Å². The second-order valence-corrected chi connectivity index (χ2v) is 5.21. The van der Waals surface area contributed by atoms with Gasteiger partial charge in [-0.25, -0.2) is 0 Å². The molecule has 1 amide bonds. The van der Waals surface area contributed by atoms with E-state index in [1.165, 1.54) is 11.3 Å². The number of carbonyl (C=O) groups excluding carboxylic acids is 1. The van der Waals surface area contributed by atoms with Gasteiger partial charge >= 0.3 is 0 Å². The Morgan fingerprint density at radius 3 is 2.72 bits per heavy atom. The second-order valence-electron chi connectivity index (χ2n) is 3.95. The summed E-state index contributed by atoms with van der Waals surface area (Å²) in [6.45, 7) is 4.12. The molecule has 0 aliphatic heterocycles. The van der Waals surface area contributed by atoms with Crippen LogP contribution in [0.4, 0.5) is 5.69 Å². The van der Waals surface area contributed by atoms with Gasteiger partial charge in [0.05, 0.1) is 29.0 Å². The third kappa shape index (κ3) is 2.84. The number of nitrogen functional groups attached to an aromatic ring is 1. The quantitative estimate of drug-likeness (QED) is 0.881. The minimum Gasteiger partial charge on any atom is -0.398 e. The van der Waals surface area contributed by atoms with Gasteiger partial charge in [0, 0.05) is 16.8 Å². The van der Waals surface area contributed by atoms with Crippen molar-refractivity contribution in [2.24, 2.45) is 0 Å². The van der Waals surface area contributed by atoms with Crippen molar-refractivity contribution in [3.8, 4) is 0 Å². The topological polar surface area (TPSA) is 80.9 Å². The maximum Gasteiger partial charge on any atom is 0.261 e. The van der Waals surface area contributed by atoms with Crippen LogP contribution in [-0.4, -0.2) is 15.9 Å². The van der Waals surface area contributed by atoms with Crippen LogP contribution in [0.1, 0.15) is 25.9 Å². The Morgan fingerprint density at radius 2 is 2.17 bits per heavy atom. The van der Waals surface area contributed by atoms with Crippen molar-refractivity contribution < 1.29 is 4.79 Å². The smallest absolute Gasteiger partial charge is 0.261 e. The van der Waals surface area contributed by atoms with Gasteiger partial charge in [0.2, 0.25) is 0 Å². The number of aromatic nitrogens is 2. The zero-order chi connectivity index (χ0) is 13.1. The monoisotopic (exact) mass is 262 g/mol. The Labute approximate surface area is 109 Å². The van der Waals surface area contributed by atoms with E-state index in [-0.39, 0.29) is 5.91 Å². The molecular weight excluding hydrogens is 248 g/mol. The van der Waals surface area contributed by atoms with Crippen LogP contribution in [0.5, 0.6) is 0 Å². The third-order valence-electron chi connectivity index (χ3n) is 2.44. The highest BCUT2D eigenvalue weighted by Crippen LogP contribution is 2.23. The molecule has 0 unspecified atom stereocenters. The highest BCUT2D eigenvalue weighted by Gasteiger charge is 2.10. The minimum absolute atomic E-state index is 0.137. The standard InChI is InChI=1S/C12H14N4OS/c1-7-4-15-9(5-14-7)6-16-12(17)11-3-10(13)8(2)18-11/h3-5H,6,13H2,1-2H3,(H,16,17). The average molecular weight is 262 g/mol. The molecule has 0 aliphatic rings. The number of carbonyl (C=O) groups is 1. The van der Waals surface area contributed by atoms with Gasteiger partial charge in [-0.05, 0) is 19.9 Å². The molecule has 18 heavy (non-hydrogen) atoms. The Kier molecular flexibility index (Phi) is 3.57. The average Bonchev–Trinajstić information content (AvgIpc) is 2.69. The van der Waals surface area contributed by atoms with Crippen LogP contribution in [0, 0.1) is 13.8 Å². The largest absolute Gasteiger partial charge is 0.398 e. The molecule has 0 saturated carbocycles. The molecule has 0 aliphatic carbocycles. The van der Waals surface area contributed by atoms with Gasteiger partial charge in [0.1, 0.15) is 0 Å². The molecule has 0 aromatic carbocycles. The summed E-state index contributed by atoms with van der Waals surface area (Å²) in [5, 5.41) is 2.79. The Bertz CT molecular complexity index is 542. The number of nitrogens with zero attached hydrogens (tertiary/aromatic N) is 2. The summed E-state index contributed by atoms with van der Waals surface area (Å²) in [6.07, 6.45) is 3.33. The fraction of sp³-hybridized carbons (Fsp3) is 0.250. The van der Waals surface area contributed by atoms with E-state index < -0.39 is 0 Å². The molecule has 2 rings (SSSR count). The molecule has 0 saturated heterocycles. The van der Waals surface area contributed by atoms with Gasteiger partial charge in [-0.15, -0.1) is 11.3 Å². The lowest BCUT2D eigenvalue weighted by atomic mass is 10.3. The number of aryl methyl sites for hydroxylation is 2. The van der Waals surface area contributed by atoms with Crippen molar-refractivity contribution in [1.29, 1.82) is 0 Å². The molecule has 6 heteroatoms. The molecule has 0 atom stereocenters. The summed E-state index contributed by atoms with van der Waals surface area (Å²) >= 11 is 1.39. The van der Waals surface area contributed by atoms with Crippen molar-refractivity contribution >= 4 is 22.9 Å². The van der Waals surface area contributed by atoms with Crippen molar-refractivity contribution in [2.75, 3.05) is 5.73 Å². The highest BCUT2D eigenvalue weighted by atomic mass is 32.1. The summed E-state index contributed by atoms with van der Waals surface area (Å²) in [4.78, 5) is 21.7. The number of rotatable bonds is 3. The molecule has 0 spiro atoms. The van der Waals surface area contributed by atoms with E-state index in [2.05, 4.69) is 15.3 Å². The molecule has 0 bridgehead atoms. The van der Waals surface area contributed by atoms with Crippen molar-refractivity contribution in [2.45, 2.75) is 20.4 Å². The zero-order valence-electron chi connectivity index (χ0n) is 10.2. The first-order valence-corrected chi connectivity index (χ1v) is 6.29. The predicted molar refractivity (Wildman–Crippen MR) is 71.4 cm³/mol. The molecule has 3 N–H and O–H groups in total. The molecule has 94 valence electrons. The normalized spacial score (nSPS) is 10.3. The van der Waals surface area contributed by atoms with Gasteiger partial charge < -0.3 is 11.1 Å². The Balaban J connectivity index is 1.98. The van der Waals surface area contributed by atoms with Crippen molar-refractivity contribution in [1.82, 2.24) is 15.3 Å². The van der Waals surface area contributed by atoms with Gasteiger partial charge in [-0.1, -0.05) is 0 Å². The van der Waals surface area contributed by atoms with Crippen molar-refractivity contribution in [3.63, 3.8) is 0 Å². The number of hydrogen-bond acceptors (Lipinski definition) is 5. The van der Waals surface area contributed by atoms with Crippen LogP contribution in [-0.2, 0) is 6.54 Å². The predicted octanol–water partition coefficient (Wildman–Crippen LogP) is 1.67. The lowest BCUT2D eigenvalue weighted by molar-refractivity contribution is 0.0954. The van der Waals surface area contributed by atoms with Gasteiger partial charge in [0.15, 0.2) is 0 Å². The summed E-state index contributed by atoms with van der Waals surface area (Å²) in [7, 11) is 0. The number of anilines is 1. The van der Waals surface area contributed by atoms with Crippen LogP contribution in [0.3, 0.4) is 0 Å². The van der Waals surface area contributed by atoms with Crippen molar-refractivity contribution in [3.05, 3.63) is 39.6 Å². The first kappa shape index (κ1) is 12.5. The van der Waals surface area contributed by atoms with Crippen LogP contribution in [0.15, 0.2) is 18.5 Å². The molecule has 0 fully saturated rings. The molecular formula is C12H14N4OS. The van der Waals surface area contributed by atoms with Crippen LogP contribution in [0.25, 0.3) is 0 Å². The van der Waals surface area contributed by atoms with Crippen LogP contribution in [0.2, 0.25) is 0 Å². The van der Waals surface area contributed by atoms with Gasteiger partial charge in [-0.2, -0.15) is 0 Å². The summed E-state index contributed by atoms with van der Waals surface area (Å²) in [5.41, 5.74) is 7.95. The SMILES string of the molecule is Cc1cnc(CNC(=O)c2cc(N)c(C)s2)cn1. The van der Waals surface area contributed by atoms with Crippen LogP contribution >= 0.6 is 11.3 Å². The summed E-state index contributed by atoms with van der Waals surface area (Å²) in [5.74, 6) is -0.137. The first-order chi connectivity index (χ1) is 8.56. The number of hydrogen-bond donors (Lipinski definition) is 2. The minimum atomic E-state index is -0.137. The summed E-state index contributed by atoms with van der Waals surface area (Å²) < 4.78 is 0. The lowest BCUT2D eigenvalue weighted by Crippen LogP contribution is -2.22. The first-order valence-electron chi connectivity index (χ1n) is 5.48. The van der Waals surface area contributed by atoms with E-state index in [0.717, 1.165) is 16.3 Å². The molecule has 2 heterocycles. The number of nitrogens with one attached hydrogen (secondary N) is 1. The van der Waals surface area contributed by atoms with E-state index in [1.54, 1.807) is 18.5 Å². The lowest BCUT2D eigenvalue weighted by Gasteiger charge is -2.02. The molecule has 2 aromatic rings. The van der Waals surface area contributed by atoms with E-state index in [1.807, 2.05) is 13.8 Å². The number of amides is 1. The molecule has 2 aromatic heterocycles. The number of nitrogens with two attached hydrogens (primary N) is 1. The van der Waals surface area contributed by atoms with Crippen LogP contribution < -0.4 is 11.1 Å². The van der Waals surface area contributed by atoms with Gasteiger partial charge in [-0.3, -0.25) is 14.8 Å². The second kappa shape index (κ2) is 5.14. The highest BCUT2D eigenvalue weighted by molar-refractivity contribution is 7.14. The van der Waals surface area contributed by atoms with Gasteiger partial charge in [0.25, 0.3) is 5.91 Å². The maximum atomic E-state index is 11.8. The molecule has 0 radical (unpaired) electrons. The fourth-order valence-corrected chi connectivity index (χ4v) is 2.23. The Morgan fingerprint density at radius 1 is 1.39 bits per heavy atom. The number of thiophene rings is 1. The zero-order valence-corrected chi connectivity index (χ0v) is 11.0. The third-order valence-corrected chi connectivity index (χ3v) is 3.51. The van der Waals surface area contributed by atoms with E-state index in [4.69, 9.17) is 5.73 Å². The van der Waals surface area contributed by atoms with E-state index in [9.17, 15) is 4.79 Å². The summed E-state index contributed by atoms with van der Waals surface area (Å²) in [6, 6.07) is 1.69. The van der Waals surface area contributed by atoms with E-state index >= 15 is 0 Å².